The lowest BCUT2D eigenvalue weighted by Crippen LogP contribution is -2.25. The third kappa shape index (κ3) is 2.26. The summed E-state index contributed by atoms with van der Waals surface area (Å²) >= 11 is 0. The quantitative estimate of drug-likeness (QED) is 0.830. The average molecular weight is 230 g/mol. The van der Waals surface area contributed by atoms with Crippen molar-refractivity contribution in [3.05, 3.63) is 35.4 Å². The van der Waals surface area contributed by atoms with Crippen molar-refractivity contribution in [3.63, 3.8) is 0 Å². The van der Waals surface area contributed by atoms with Crippen LogP contribution in [0.1, 0.15) is 62.5 Å². The predicted molar refractivity (Wildman–Crippen MR) is 69.9 cm³/mol. The molecule has 17 heavy (non-hydrogen) atoms. The topological polar surface area (TPSA) is 20.2 Å². The Bertz CT molecular complexity index is 400. The van der Waals surface area contributed by atoms with Crippen LogP contribution in [0.15, 0.2) is 24.3 Å². The van der Waals surface area contributed by atoms with Crippen LogP contribution in [-0.4, -0.2) is 5.11 Å². The van der Waals surface area contributed by atoms with E-state index in [1.807, 2.05) is 6.92 Å². The fourth-order valence-electron chi connectivity index (χ4n) is 3.06. The van der Waals surface area contributed by atoms with Gasteiger partial charge in [0.15, 0.2) is 0 Å². The highest BCUT2D eigenvalue weighted by atomic mass is 16.3. The van der Waals surface area contributed by atoms with Gasteiger partial charge in [-0.15, -0.1) is 0 Å². The maximum absolute atomic E-state index is 10.7. The van der Waals surface area contributed by atoms with E-state index in [9.17, 15) is 5.11 Å². The molecule has 0 aromatic heterocycles. The van der Waals surface area contributed by atoms with E-state index in [-0.39, 0.29) is 0 Å². The highest BCUT2D eigenvalue weighted by Gasteiger charge is 2.35. The van der Waals surface area contributed by atoms with Crippen molar-refractivity contribution in [1.29, 1.82) is 0 Å². The van der Waals surface area contributed by atoms with Crippen molar-refractivity contribution < 1.29 is 5.11 Å². The highest BCUT2D eigenvalue weighted by molar-refractivity contribution is 5.36. The van der Waals surface area contributed by atoms with E-state index in [2.05, 4.69) is 24.3 Å². The fourth-order valence-corrected chi connectivity index (χ4v) is 3.06. The Morgan fingerprint density at radius 3 is 2.47 bits per heavy atom. The summed E-state index contributed by atoms with van der Waals surface area (Å²) in [4.78, 5) is 0. The molecule has 1 heteroatoms. The lowest BCUT2D eigenvalue weighted by molar-refractivity contribution is 0.0400. The molecule has 0 saturated heterocycles. The third-order valence-corrected chi connectivity index (χ3v) is 4.47. The van der Waals surface area contributed by atoms with E-state index < -0.39 is 5.60 Å². The molecule has 1 atom stereocenters. The summed E-state index contributed by atoms with van der Waals surface area (Å²) in [5, 5.41) is 10.7. The molecule has 1 N–H and O–H groups in total. The fraction of sp³-hybridized carbons (Fsp3) is 0.625. The molecule has 3 rings (SSSR count). The van der Waals surface area contributed by atoms with Crippen LogP contribution >= 0.6 is 0 Å². The maximum Gasteiger partial charge on any atom is 0.0873 e. The van der Waals surface area contributed by atoms with Crippen molar-refractivity contribution in [2.45, 2.75) is 57.0 Å². The Morgan fingerprint density at radius 1 is 1.18 bits per heavy atom. The summed E-state index contributed by atoms with van der Waals surface area (Å²) in [6.07, 6.45) is 7.51. The minimum Gasteiger partial charge on any atom is -0.385 e. The van der Waals surface area contributed by atoms with Crippen LogP contribution in [0.5, 0.6) is 0 Å². The number of hydrogen-bond donors (Lipinski definition) is 1. The predicted octanol–water partition coefficient (Wildman–Crippen LogP) is 3.96. The van der Waals surface area contributed by atoms with Gasteiger partial charge >= 0.3 is 0 Å². The highest BCUT2D eigenvalue weighted by Crippen LogP contribution is 2.45. The van der Waals surface area contributed by atoms with Crippen LogP contribution < -0.4 is 0 Å². The number of hydrogen-bond acceptors (Lipinski definition) is 1. The molecular formula is C16H22O. The molecule has 1 unspecified atom stereocenters. The summed E-state index contributed by atoms with van der Waals surface area (Å²) in [5.41, 5.74) is 1.98. The molecule has 0 amide bonds. The minimum atomic E-state index is -0.618. The zero-order chi connectivity index (χ0) is 11.9. The van der Waals surface area contributed by atoms with Crippen LogP contribution in [0.4, 0.5) is 0 Å². The molecule has 0 spiro atoms. The summed E-state index contributed by atoms with van der Waals surface area (Å²) in [7, 11) is 0. The first-order valence-corrected chi connectivity index (χ1v) is 6.98. The smallest absolute Gasteiger partial charge is 0.0873 e. The lowest BCUT2D eigenvalue weighted by atomic mass is 9.74. The molecule has 0 bridgehead atoms. The molecule has 92 valence electrons. The summed E-state index contributed by atoms with van der Waals surface area (Å²) in [5.74, 6) is 1.47. The van der Waals surface area contributed by atoms with Crippen molar-refractivity contribution in [2.24, 2.45) is 5.92 Å². The van der Waals surface area contributed by atoms with Gasteiger partial charge in [-0.05, 0) is 49.1 Å². The summed E-state index contributed by atoms with van der Waals surface area (Å²) in [6, 6.07) is 8.54. The van der Waals surface area contributed by atoms with E-state index in [4.69, 9.17) is 0 Å². The second-order valence-corrected chi connectivity index (χ2v) is 6.14. The van der Waals surface area contributed by atoms with E-state index in [0.29, 0.717) is 5.92 Å². The first kappa shape index (κ1) is 11.3. The molecule has 1 aromatic rings. The van der Waals surface area contributed by atoms with Crippen molar-refractivity contribution in [3.8, 4) is 0 Å². The van der Waals surface area contributed by atoms with E-state index in [1.165, 1.54) is 43.2 Å². The number of benzene rings is 1. The molecule has 1 nitrogen and oxygen atoms in total. The second-order valence-electron chi connectivity index (χ2n) is 6.14. The van der Waals surface area contributed by atoms with Crippen LogP contribution in [-0.2, 0) is 5.60 Å². The number of aliphatic hydroxyl groups is 1. The molecule has 2 aliphatic carbocycles. The van der Waals surface area contributed by atoms with E-state index >= 15 is 0 Å². The zero-order valence-corrected chi connectivity index (χ0v) is 10.7. The van der Waals surface area contributed by atoms with Gasteiger partial charge in [0.2, 0.25) is 0 Å². The molecule has 2 fully saturated rings. The SMILES string of the molecule is CC(O)(CC1CC1)c1ccccc1C1CCC1. The van der Waals surface area contributed by atoms with E-state index in [1.54, 1.807) is 0 Å². The van der Waals surface area contributed by atoms with Crippen LogP contribution in [0.25, 0.3) is 0 Å². The van der Waals surface area contributed by atoms with Crippen molar-refractivity contribution in [2.75, 3.05) is 0 Å². The Morgan fingerprint density at radius 2 is 1.88 bits per heavy atom. The second kappa shape index (κ2) is 4.13. The first-order chi connectivity index (χ1) is 8.17. The van der Waals surface area contributed by atoms with Gasteiger partial charge in [0.25, 0.3) is 0 Å². The first-order valence-electron chi connectivity index (χ1n) is 6.98. The van der Waals surface area contributed by atoms with Gasteiger partial charge in [-0.25, -0.2) is 0 Å². The van der Waals surface area contributed by atoms with Gasteiger partial charge < -0.3 is 5.11 Å². The Hall–Kier alpha value is -0.820. The van der Waals surface area contributed by atoms with Gasteiger partial charge in [0.1, 0.15) is 0 Å². The molecule has 0 heterocycles. The number of rotatable bonds is 4. The minimum absolute atomic E-state index is 0.618. The summed E-state index contributed by atoms with van der Waals surface area (Å²) < 4.78 is 0. The third-order valence-electron chi connectivity index (χ3n) is 4.47. The normalized spacial score (nSPS) is 24.1. The lowest BCUT2D eigenvalue weighted by Gasteiger charge is -2.33. The van der Waals surface area contributed by atoms with Gasteiger partial charge in [-0.1, -0.05) is 43.5 Å². The Balaban J connectivity index is 1.88. The average Bonchev–Trinajstić information content (AvgIpc) is 2.99. The van der Waals surface area contributed by atoms with Crippen molar-refractivity contribution in [1.82, 2.24) is 0 Å². The Labute approximate surface area is 104 Å². The molecular weight excluding hydrogens is 208 g/mol. The van der Waals surface area contributed by atoms with Crippen molar-refractivity contribution >= 4 is 0 Å². The largest absolute Gasteiger partial charge is 0.385 e. The van der Waals surface area contributed by atoms with Gasteiger partial charge in [0, 0.05) is 0 Å². The van der Waals surface area contributed by atoms with Crippen LogP contribution in [0.2, 0.25) is 0 Å². The molecule has 0 aliphatic heterocycles. The van der Waals surface area contributed by atoms with Crippen LogP contribution in [0, 0.1) is 5.92 Å². The molecule has 0 radical (unpaired) electrons. The summed E-state index contributed by atoms with van der Waals surface area (Å²) in [6.45, 7) is 2.00. The van der Waals surface area contributed by atoms with Crippen LogP contribution in [0.3, 0.4) is 0 Å². The Kier molecular flexibility index (Phi) is 2.74. The maximum atomic E-state index is 10.7. The zero-order valence-electron chi connectivity index (χ0n) is 10.7. The van der Waals surface area contributed by atoms with Gasteiger partial charge in [0.05, 0.1) is 5.60 Å². The molecule has 2 saturated carbocycles. The molecule has 2 aliphatic rings. The monoisotopic (exact) mass is 230 g/mol. The van der Waals surface area contributed by atoms with E-state index in [0.717, 1.165) is 12.3 Å². The van der Waals surface area contributed by atoms with Gasteiger partial charge in [-0.3, -0.25) is 0 Å². The molecule has 1 aromatic carbocycles. The standard InChI is InChI=1S/C16H22O/c1-16(17,11-12-9-10-12)15-8-3-2-7-14(15)13-5-4-6-13/h2-3,7-8,12-13,17H,4-6,9-11H2,1H3. The van der Waals surface area contributed by atoms with Gasteiger partial charge in [-0.2, -0.15) is 0 Å².